The Morgan fingerprint density at radius 1 is 1.07 bits per heavy atom. The third-order valence-electron chi connectivity index (χ3n) is 5.02. The molecule has 7 heteroatoms. The summed E-state index contributed by atoms with van der Waals surface area (Å²) in [5, 5.41) is 5.85. The minimum Gasteiger partial charge on any atom is -0.493 e. The average Bonchev–Trinajstić information content (AvgIpc) is 2.78. The van der Waals surface area contributed by atoms with Crippen LogP contribution in [-0.2, 0) is 11.3 Å². The number of hydrogen-bond donors (Lipinski definition) is 2. The quantitative estimate of drug-likeness (QED) is 0.784. The number of urea groups is 1. The minimum absolute atomic E-state index is 0.0444. The number of nitrogens with one attached hydrogen (secondary N) is 2. The van der Waals surface area contributed by atoms with Crippen molar-refractivity contribution in [2.24, 2.45) is 5.92 Å². The fraction of sp³-hybridized carbons (Fsp3) is 0.364. The second-order valence-electron chi connectivity index (χ2n) is 6.99. The lowest BCUT2D eigenvalue weighted by Crippen LogP contribution is -2.46. The fourth-order valence-electron chi connectivity index (χ4n) is 3.42. The first-order valence-corrected chi connectivity index (χ1v) is 9.70. The van der Waals surface area contributed by atoms with Gasteiger partial charge in [0.1, 0.15) is 0 Å². The van der Waals surface area contributed by atoms with Crippen molar-refractivity contribution in [3.8, 4) is 11.5 Å². The number of para-hydroxylation sites is 1. The Kier molecular flexibility index (Phi) is 6.94. The molecule has 0 radical (unpaired) electrons. The molecule has 0 saturated carbocycles. The molecular formula is C22H27N3O4. The van der Waals surface area contributed by atoms with Crippen molar-refractivity contribution in [3.63, 3.8) is 0 Å². The lowest BCUT2D eigenvalue weighted by molar-refractivity contribution is -0.126. The van der Waals surface area contributed by atoms with Crippen LogP contribution in [0.15, 0.2) is 48.5 Å². The van der Waals surface area contributed by atoms with Crippen LogP contribution in [0.2, 0.25) is 0 Å². The van der Waals surface area contributed by atoms with Crippen molar-refractivity contribution in [3.05, 3.63) is 54.1 Å². The zero-order chi connectivity index (χ0) is 20.6. The van der Waals surface area contributed by atoms with Gasteiger partial charge in [-0.25, -0.2) is 4.79 Å². The van der Waals surface area contributed by atoms with Crippen LogP contribution < -0.4 is 20.1 Å². The van der Waals surface area contributed by atoms with Gasteiger partial charge in [0.05, 0.1) is 20.1 Å². The lowest BCUT2D eigenvalue weighted by Gasteiger charge is -2.32. The molecule has 2 aromatic carbocycles. The van der Waals surface area contributed by atoms with Crippen LogP contribution in [0.4, 0.5) is 10.5 Å². The SMILES string of the molecule is COc1ccc(CNC(=O)[C@@H]2CCCN(C(=O)Nc3ccccc3)C2)cc1OC. The average molecular weight is 397 g/mol. The molecule has 1 fully saturated rings. The topological polar surface area (TPSA) is 79.9 Å². The van der Waals surface area contributed by atoms with Crippen molar-refractivity contribution >= 4 is 17.6 Å². The van der Waals surface area contributed by atoms with Gasteiger partial charge in [0.15, 0.2) is 11.5 Å². The van der Waals surface area contributed by atoms with Gasteiger partial charge < -0.3 is 25.0 Å². The molecule has 1 atom stereocenters. The number of carbonyl (C=O) groups excluding carboxylic acids is 2. The smallest absolute Gasteiger partial charge is 0.321 e. The molecule has 7 nitrogen and oxygen atoms in total. The zero-order valence-corrected chi connectivity index (χ0v) is 16.8. The zero-order valence-electron chi connectivity index (χ0n) is 16.8. The van der Waals surface area contributed by atoms with E-state index in [1.165, 1.54) is 0 Å². The van der Waals surface area contributed by atoms with Gasteiger partial charge in [-0.15, -0.1) is 0 Å². The third-order valence-corrected chi connectivity index (χ3v) is 5.02. The largest absolute Gasteiger partial charge is 0.493 e. The third kappa shape index (κ3) is 5.40. The first-order valence-electron chi connectivity index (χ1n) is 9.70. The minimum atomic E-state index is -0.217. The van der Waals surface area contributed by atoms with E-state index >= 15 is 0 Å². The highest BCUT2D eigenvalue weighted by Gasteiger charge is 2.28. The van der Waals surface area contributed by atoms with E-state index in [1.807, 2.05) is 48.5 Å². The van der Waals surface area contributed by atoms with Gasteiger partial charge in [-0.1, -0.05) is 24.3 Å². The number of likely N-dealkylation sites (tertiary alicyclic amines) is 1. The van der Waals surface area contributed by atoms with E-state index in [-0.39, 0.29) is 17.9 Å². The molecule has 29 heavy (non-hydrogen) atoms. The van der Waals surface area contributed by atoms with Crippen LogP contribution in [0.1, 0.15) is 18.4 Å². The molecule has 1 saturated heterocycles. The van der Waals surface area contributed by atoms with Gasteiger partial charge in [-0.3, -0.25) is 4.79 Å². The maximum atomic E-state index is 12.7. The molecule has 3 amide bonds. The second kappa shape index (κ2) is 9.82. The summed E-state index contributed by atoms with van der Waals surface area (Å²) in [7, 11) is 3.17. The monoisotopic (exact) mass is 397 g/mol. The Balaban J connectivity index is 1.53. The van der Waals surface area contributed by atoms with E-state index in [0.717, 1.165) is 24.1 Å². The first kappa shape index (κ1) is 20.5. The number of hydrogen-bond acceptors (Lipinski definition) is 4. The van der Waals surface area contributed by atoms with E-state index in [9.17, 15) is 9.59 Å². The maximum Gasteiger partial charge on any atom is 0.321 e. The second-order valence-corrected chi connectivity index (χ2v) is 6.99. The number of rotatable bonds is 6. The number of amides is 3. The fourth-order valence-corrected chi connectivity index (χ4v) is 3.42. The number of nitrogens with zero attached hydrogens (tertiary/aromatic N) is 1. The van der Waals surface area contributed by atoms with Crippen molar-refractivity contribution < 1.29 is 19.1 Å². The Labute approximate surface area is 171 Å². The molecule has 0 spiro atoms. The van der Waals surface area contributed by atoms with Crippen molar-refractivity contribution in [1.82, 2.24) is 10.2 Å². The molecule has 3 rings (SSSR count). The van der Waals surface area contributed by atoms with Crippen molar-refractivity contribution in [2.75, 3.05) is 32.6 Å². The molecule has 0 aromatic heterocycles. The Morgan fingerprint density at radius 3 is 2.55 bits per heavy atom. The number of methoxy groups -OCH3 is 2. The van der Waals surface area contributed by atoms with Gasteiger partial charge in [0, 0.05) is 25.3 Å². The van der Waals surface area contributed by atoms with Gasteiger partial charge in [-0.05, 0) is 42.7 Å². The molecule has 2 aromatic rings. The van der Waals surface area contributed by atoms with Gasteiger partial charge >= 0.3 is 6.03 Å². The molecule has 0 bridgehead atoms. The molecule has 154 valence electrons. The van der Waals surface area contributed by atoms with E-state index in [2.05, 4.69) is 10.6 Å². The predicted molar refractivity (Wildman–Crippen MR) is 111 cm³/mol. The van der Waals surface area contributed by atoms with Crippen LogP contribution in [0, 0.1) is 5.92 Å². The van der Waals surface area contributed by atoms with Crippen molar-refractivity contribution in [2.45, 2.75) is 19.4 Å². The number of benzene rings is 2. The predicted octanol–water partition coefficient (Wildman–Crippen LogP) is 3.26. The summed E-state index contributed by atoms with van der Waals surface area (Å²) >= 11 is 0. The number of ether oxygens (including phenoxy) is 2. The molecule has 0 aliphatic carbocycles. The summed E-state index contributed by atoms with van der Waals surface area (Å²) in [6.07, 6.45) is 1.57. The van der Waals surface area contributed by atoms with Crippen LogP contribution >= 0.6 is 0 Å². The molecule has 0 unspecified atom stereocenters. The van der Waals surface area contributed by atoms with Crippen LogP contribution in [-0.4, -0.2) is 44.1 Å². The summed E-state index contributed by atoms with van der Waals surface area (Å²) < 4.78 is 10.5. The highest BCUT2D eigenvalue weighted by atomic mass is 16.5. The van der Waals surface area contributed by atoms with E-state index < -0.39 is 0 Å². The number of piperidine rings is 1. The number of carbonyl (C=O) groups is 2. The summed E-state index contributed by atoms with van der Waals surface area (Å²) in [6, 6.07) is 14.7. The molecule has 1 aliphatic heterocycles. The summed E-state index contributed by atoms with van der Waals surface area (Å²) in [4.78, 5) is 26.9. The van der Waals surface area contributed by atoms with E-state index in [4.69, 9.17) is 9.47 Å². The molecular weight excluding hydrogens is 370 g/mol. The summed E-state index contributed by atoms with van der Waals surface area (Å²) in [5.74, 6) is 1.01. The highest BCUT2D eigenvalue weighted by Crippen LogP contribution is 2.27. The Hall–Kier alpha value is -3.22. The Morgan fingerprint density at radius 2 is 1.83 bits per heavy atom. The maximum absolute atomic E-state index is 12.7. The van der Waals surface area contributed by atoms with Crippen LogP contribution in [0.25, 0.3) is 0 Å². The number of anilines is 1. The van der Waals surface area contributed by atoms with Crippen molar-refractivity contribution in [1.29, 1.82) is 0 Å². The van der Waals surface area contributed by atoms with Gasteiger partial charge in [0.25, 0.3) is 0 Å². The lowest BCUT2D eigenvalue weighted by atomic mass is 9.97. The Bertz CT molecular complexity index is 841. The molecule has 1 heterocycles. The van der Waals surface area contributed by atoms with Crippen LogP contribution in [0.3, 0.4) is 0 Å². The normalized spacial score (nSPS) is 16.1. The standard InChI is InChI=1S/C22H27N3O4/c1-28-19-11-10-16(13-20(19)29-2)14-23-21(26)17-7-6-12-25(15-17)22(27)24-18-8-4-3-5-9-18/h3-5,8-11,13,17H,6-7,12,14-15H2,1-2H3,(H,23,26)(H,24,27)/t17-/m1/s1. The summed E-state index contributed by atoms with van der Waals surface area (Å²) in [5.41, 5.74) is 1.67. The van der Waals surface area contributed by atoms with E-state index in [0.29, 0.717) is 31.1 Å². The highest BCUT2D eigenvalue weighted by molar-refractivity contribution is 5.90. The molecule has 2 N–H and O–H groups in total. The van der Waals surface area contributed by atoms with Gasteiger partial charge in [-0.2, -0.15) is 0 Å². The molecule has 1 aliphatic rings. The first-order chi connectivity index (χ1) is 14.1. The van der Waals surface area contributed by atoms with Crippen LogP contribution in [0.5, 0.6) is 11.5 Å². The summed E-state index contributed by atoms with van der Waals surface area (Å²) in [6.45, 7) is 1.46. The van der Waals surface area contributed by atoms with Gasteiger partial charge in [0.2, 0.25) is 5.91 Å². The van der Waals surface area contributed by atoms with E-state index in [1.54, 1.807) is 19.1 Å².